The van der Waals surface area contributed by atoms with E-state index < -0.39 is 17.1 Å². The van der Waals surface area contributed by atoms with Crippen LogP contribution in [-0.2, 0) is 12.8 Å². The maximum absolute atomic E-state index is 11.2. The second kappa shape index (κ2) is 5.85. The van der Waals surface area contributed by atoms with Gasteiger partial charge in [-0.2, -0.15) is 0 Å². The van der Waals surface area contributed by atoms with Crippen LogP contribution in [0.15, 0.2) is 6.07 Å². The molecule has 0 aliphatic rings. The number of hydrogen-bond acceptors (Lipinski definition) is 6. The number of aliphatic hydroxyl groups is 2. The van der Waals surface area contributed by atoms with Crippen LogP contribution in [0.3, 0.4) is 0 Å². The molecule has 7 heteroatoms. The van der Waals surface area contributed by atoms with Gasteiger partial charge in [-0.15, -0.1) is 0 Å². The molecule has 0 heterocycles. The van der Waals surface area contributed by atoms with E-state index in [9.17, 15) is 20.3 Å². The first-order valence-electron chi connectivity index (χ1n) is 5.94. The first-order valence-corrected chi connectivity index (χ1v) is 5.94. The average molecular weight is 269 g/mol. The summed E-state index contributed by atoms with van der Waals surface area (Å²) in [5.74, 6) is 0. The third-order valence-electron chi connectivity index (χ3n) is 2.75. The molecule has 0 fully saturated rings. The molecule has 1 aromatic carbocycles. The molecule has 0 amide bonds. The maximum atomic E-state index is 11.2. The molecular formula is C12H19N3O4. The number of aliphatic hydroxyl groups excluding tert-OH is 2. The van der Waals surface area contributed by atoms with Gasteiger partial charge < -0.3 is 21.7 Å². The van der Waals surface area contributed by atoms with Crippen molar-refractivity contribution in [3.05, 3.63) is 27.3 Å². The number of nitro groups is 1. The van der Waals surface area contributed by atoms with Crippen molar-refractivity contribution in [3.8, 4) is 0 Å². The van der Waals surface area contributed by atoms with E-state index in [4.69, 9.17) is 11.5 Å². The van der Waals surface area contributed by atoms with Crippen LogP contribution in [0.25, 0.3) is 0 Å². The van der Waals surface area contributed by atoms with E-state index in [1.54, 1.807) is 0 Å². The highest BCUT2D eigenvalue weighted by Crippen LogP contribution is 2.35. The van der Waals surface area contributed by atoms with Gasteiger partial charge >= 0.3 is 0 Å². The van der Waals surface area contributed by atoms with Crippen LogP contribution in [-0.4, -0.2) is 27.3 Å². The standard InChI is InChI=1S/C12H19N3O4/c1-6(16)3-8-5-10(13)11(14)9(4-7(2)17)12(8)15(18)19/h5-7,16-17H,3-4,13-14H2,1-2H3. The van der Waals surface area contributed by atoms with Crippen LogP contribution in [0.5, 0.6) is 0 Å². The molecule has 0 aliphatic heterocycles. The Morgan fingerprint density at radius 3 is 2.21 bits per heavy atom. The lowest BCUT2D eigenvalue weighted by Gasteiger charge is -2.15. The average Bonchev–Trinajstić information content (AvgIpc) is 2.23. The third kappa shape index (κ3) is 3.55. The van der Waals surface area contributed by atoms with Crippen molar-refractivity contribution in [1.29, 1.82) is 0 Å². The van der Waals surface area contributed by atoms with Crippen molar-refractivity contribution < 1.29 is 15.1 Å². The van der Waals surface area contributed by atoms with Crippen molar-refractivity contribution in [1.82, 2.24) is 0 Å². The van der Waals surface area contributed by atoms with E-state index in [0.29, 0.717) is 5.56 Å². The Labute approximate surface area is 111 Å². The normalized spacial score (nSPS) is 14.1. The van der Waals surface area contributed by atoms with Crippen molar-refractivity contribution in [3.63, 3.8) is 0 Å². The van der Waals surface area contributed by atoms with Crippen LogP contribution < -0.4 is 11.5 Å². The SMILES string of the molecule is CC(O)Cc1cc(N)c(N)c(CC(C)O)c1[N+](=O)[O-]. The summed E-state index contributed by atoms with van der Waals surface area (Å²) >= 11 is 0. The summed E-state index contributed by atoms with van der Waals surface area (Å²) in [5, 5.41) is 30.0. The monoisotopic (exact) mass is 269 g/mol. The van der Waals surface area contributed by atoms with Gasteiger partial charge in [-0.3, -0.25) is 10.1 Å². The lowest BCUT2D eigenvalue weighted by molar-refractivity contribution is -0.386. The van der Waals surface area contributed by atoms with Gasteiger partial charge in [0.05, 0.1) is 34.1 Å². The Morgan fingerprint density at radius 1 is 1.26 bits per heavy atom. The molecule has 0 radical (unpaired) electrons. The minimum absolute atomic E-state index is 0.0417. The van der Waals surface area contributed by atoms with E-state index >= 15 is 0 Å². The zero-order valence-corrected chi connectivity index (χ0v) is 11.0. The molecule has 106 valence electrons. The van der Waals surface area contributed by atoms with Crippen molar-refractivity contribution in [2.45, 2.75) is 38.9 Å². The number of benzene rings is 1. The quantitative estimate of drug-likeness (QED) is 0.351. The minimum atomic E-state index is -0.776. The highest BCUT2D eigenvalue weighted by atomic mass is 16.6. The highest BCUT2D eigenvalue weighted by Gasteiger charge is 2.25. The van der Waals surface area contributed by atoms with Gasteiger partial charge in [0, 0.05) is 18.4 Å². The number of nitrogens with zero attached hydrogens (tertiary/aromatic N) is 1. The third-order valence-corrected chi connectivity index (χ3v) is 2.75. The second-order valence-electron chi connectivity index (χ2n) is 4.73. The van der Waals surface area contributed by atoms with Gasteiger partial charge in [0.25, 0.3) is 5.69 Å². The molecule has 6 N–H and O–H groups in total. The molecule has 0 aliphatic carbocycles. The van der Waals surface area contributed by atoms with Gasteiger partial charge in [-0.05, 0) is 19.9 Å². The molecule has 2 atom stereocenters. The Morgan fingerprint density at radius 2 is 1.79 bits per heavy atom. The summed E-state index contributed by atoms with van der Waals surface area (Å²) in [6, 6.07) is 1.41. The Balaban J connectivity index is 3.47. The smallest absolute Gasteiger partial charge is 0.278 e. The molecule has 7 nitrogen and oxygen atoms in total. The maximum Gasteiger partial charge on any atom is 0.278 e. The van der Waals surface area contributed by atoms with E-state index in [-0.39, 0.29) is 35.5 Å². The first kappa shape index (κ1) is 15.2. The number of hydrogen-bond donors (Lipinski definition) is 4. The lowest BCUT2D eigenvalue weighted by atomic mass is 9.96. The van der Waals surface area contributed by atoms with Gasteiger partial charge in [0.1, 0.15) is 0 Å². The van der Waals surface area contributed by atoms with Crippen molar-refractivity contribution >= 4 is 17.1 Å². The zero-order valence-electron chi connectivity index (χ0n) is 11.0. The molecule has 1 rings (SSSR count). The number of nitro benzene ring substituents is 1. The topological polar surface area (TPSA) is 136 Å². The fourth-order valence-electron chi connectivity index (χ4n) is 2.03. The molecule has 0 spiro atoms. The number of rotatable bonds is 5. The molecule has 0 saturated carbocycles. The molecular weight excluding hydrogens is 250 g/mol. The van der Waals surface area contributed by atoms with Crippen LogP contribution in [0, 0.1) is 10.1 Å². The second-order valence-corrected chi connectivity index (χ2v) is 4.73. The van der Waals surface area contributed by atoms with Crippen LogP contribution in [0.2, 0.25) is 0 Å². The Hall–Kier alpha value is -1.86. The predicted octanol–water partition coefficient (Wildman–Crippen LogP) is 0.606. The van der Waals surface area contributed by atoms with Gasteiger partial charge in [-0.25, -0.2) is 0 Å². The number of anilines is 2. The van der Waals surface area contributed by atoms with Crippen LogP contribution >= 0.6 is 0 Å². The summed E-state index contributed by atoms with van der Waals surface area (Å²) in [5.41, 5.74) is 12.2. The summed E-state index contributed by atoms with van der Waals surface area (Å²) in [6.45, 7) is 3.05. The molecule has 19 heavy (non-hydrogen) atoms. The van der Waals surface area contributed by atoms with Crippen LogP contribution in [0.4, 0.5) is 17.1 Å². The van der Waals surface area contributed by atoms with Gasteiger partial charge in [0.2, 0.25) is 0 Å². The van der Waals surface area contributed by atoms with Gasteiger partial charge in [0.15, 0.2) is 0 Å². The largest absolute Gasteiger partial charge is 0.397 e. The fourth-order valence-corrected chi connectivity index (χ4v) is 2.03. The lowest BCUT2D eigenvalue weighted by Crippen LogP contribution is -2.15. The molecule has 1 aromatic rings. The molecule has 2 unspecified atom stereocenters. The van der Waals surface area contributed by atoms with E-state index in [1.165, 1.54) is 19.9 Å². The van der Waals surface area contributed by atoms with Gasteiger partial charge in [-0.1, -0.05) is 0 Å². The molecule has 0 bridgehead atoms. The summed E-state index contributed by atoms with van der Waals surface area (Å²) in [7, 11) is 0. The van der Waals surface area contributed by atoms with E-state index in [2.05, 4.69) is 0 Å². The summed E-state index contributed by atoms with van der Waals surface area (Å²) in [4.78, 5) is 10.7. The first-order chi connectivity index (χ1) is 8.73. The number of nitrogens with two attached hydrogens (primary N) is 2. The predicted molar refractivity (Wildman–Crippen MR) is 72.7 cm³/mol. The molecule has 0 aromatic heterocycles. The van der Waals surface area contributed by atoms with Crippen molar-refractivity contribution in [2.75, 3.05) is 11.5 Å². The van der Waals surface area contributed by atoms with E-state index in [0.717, 1.165) is 0 Å². The molecule has 0 saturated heterocycles. The highest BCUT2D eigenvalue weighted by molar-refractivity contribution is 5.75. The van der Waals surface area contributed by atoms with E-state index in [1.807, 2.05) is 0 Å². The minimum Gasteiger partial charge on any atom is -0.397 e. The fraction of sp³-hybridized carbons (Fsp3) is 0.500. The summed E-state index contributed by atoms with van der Waals surface area (Å²) < 4.78 is 0. The Bertz CT molecular complexity index is 486. The van der Waals surface area contributed by atoms with Crippen molar-refractivity contribution in [2.24, 2.45) is 0 Å². The zero-order chi connectivity index (χ0) is 14.7. The summed E-state index contributed by atoms with van der Waals surface area (Å²) in [6.07, 6.45) is -1.36. The number of nitrogen functional groups attached to an aromatic ring is 2. The van der Waals surface area contributed by atoms with Crippen LogP contribution in [0.1, 0.15) is 25.0 Å². The Kier molecular flexibility index (Phi) is 4.68.